The van der Waals surface area contributed by atoms with E-state index in [1.165, 1.54) is 44.2 Å². The van der Waals surface area contributed by atoms with E-state index in [1.807, 2.05) is 0 Å². The minimum atomic E-state index is 1.09. The maximum absolute atomic E-state index is 3.77. The summed E-state index contributed by atoms with van der Waals surface area (Å²) in [5, 5.41) is 6.22. The third-order valence-corrected chi connectivity index (χ3v) is 6.51. The van der Waals surface area contributed by atoms with Crippen molar-refractivity contribution in [1.29, 1.82) is 0 Å². The molecule has 0 radical (unpaired) electrons. The molecule has 0 bridgehead atoms. The zero-order chi connectivity index (χ0) is 23.5. The molecule has 1 nitrogen and oxygen atoms in total. The quantitative estimate of drug-likeness (QED) is 0.277. The van der Waals surface area contributed by atoms with Gasteiger partial charge in [0.15, 0.2) is 0 Å². The Morgan fingerprint density at radius 1 is 0.286 bits per heavy atom. The molecule has 0 fully saturated rings. The van der Waals surface area contributed by atoms with Gasteiger partial charge in [-0.2, -0.15) is 0 Å². The lowest BCUT2D eigenvalue weighted by Gasteiger charge is -2.18. The second-order valence-corrected chi connectivity index (χ2v) is 8.65. The molecule has 6 aromatic rings. The second-order valence-electron chi connectivity index (χ2n) is 8.65. The molecule has 1 heteroatoms. The first kappa shape index (κ1) is 20.9. The van der Waals surface area contributed by atoms with Crippen LogP contribution >= 0.6 is 0 Å². The van der Waals surface area contributed by atoms with Crippen LogP contribution in [0.4, 0.5) is 11.4 Å². The summed E-state index contributed by atoms with van der Waals surface area (Å²) in [6.07, 6.45) is 0. The Labute approximate surface area is 206 Å². The summed E-state index contributed by atoms with van der Waals surface area (Å²) in [6.45, 7) is 0. The molecule has 0 aliphatic heterocycles. The van der Waals surface area contributed by atoms with Crippen LogP contribution < -0.4 is 5.32 Å². The molecular formula is C34H25N. The van der Waals surface area contributed by atoms with E-state index in [1.54, 1.807) is 0 Å². The number of rotatable bonds is 5. The molecule has 1 N–H and O–H groups in total. The van der Waals surface area contributed by atoms with Gasteiger partial charge in [-0.05, 0) is 45.3 Å². The van der Waals surface area contributed by atoms with Gasteiger partial charge >= 0.3 is 0 Å². The third kappa shape index (κ3) is 4.09. The summed E-state index contributed by atoms with van der Waals surface area (Å²) in [5.41, 5.74) is 9.51. The molecule has 0 atom stereocenters. The van der Waals surface area contributed by atoms with Crippen LogP contribution in [0, 0.1) is 0 Å². The van der Waals surface area contributed by atoms with Crippen LogP contribution in [0.5, 0.6) is 0 Å². The second kappa shape index (κ2) is 9.32. The fraction of sp³-hybridized carbons (Fsp3) is 0. The Morgan fingerprint density at radius 3 is 1.51 bits per heavy atom. The van der Waals surface area contributed by atoms with Crippen molar-refractivity contribution in [2.75, 3.05) is 5.32 Å². The molecule has 0 aliphatic carbocycles. The molecule has 6 aromatic carbocycles. The van der Waals surface area contributed by atoms with Crippen molar-refractivity contribution in [2.24, 2.45) is 0 Å². The highest BCUT2D eigenvalue weighted by Crippen LogP contribution is 2.39. The summed E-state index contributed by atoms with van der Waals surface area (Å²) in [6, 6.07) is 51.4. The number of fused-ring (bicyclic) bond motifs is 1. The lowest BCUT2D eigenvalue weighted by atomic mass is 9.93. The average Bonchev–Trinajstić information content (AvgIpc) is 2.94. The first-order chi connectivity index (χ1) is 17.4. The number of para-hydroxylation sites is 1. The standard InChI is InChI=1S/C34H25N/c1-3-13-25(14-4-1)27-17-7-8-18-29(27)31-21-11-12-22-33(31)35-34-24-23-28(26-15-5-2-6-16-26)30-19-9-10-20-32(30)34/h1-24,35H. The van der Waals surface area contributed by atoms with Crippen molar-refractivity contribution in [3.63, 3.8) is 0 Å². The summed E-state index contributed by atoms with van der Waals surface area (Å²) in [7, 11) is 0. The van der Waals surface area contributed by atoms with Crippen molar-refractivity contribution in [2.45, 2.75) is 0 Å². The van der Waals surface area contributed by atoms with Crippen LogP contribution in [0.15, 0.2) is 146 Å². The molecule has 35 heavy (non-hydrogen) atoms. The van der Waals surface area contributed by atoms with E-state index < -0.39 is 0 Å². The number of hydrogen-bond donors (Lipinski definition) is 1. The van der Waals surface area contributed by atoms with Crippen molar-refractivity contribution in [1.82, 2.24) is 0 Å². The van der Waals surface area contributed by atoms with Gasteiger partial charge in [-0.1, -0.05) is 133 Å². The van der Waals surface area contributed by atoms with Crippen LogP contribution in [0.2, 0.25) is 0 Å². The van der Waals surface area contributed by atoms with Crippen LogP contribution in [-0.4, -0.2) is 0 Å². The van der Waals surface area contributed by atoms with Crippen LogP contribution in [0.25, 0.3) is 44.2 Å². The molecule has 166 valence electrons. The van der Waals surface area contributed by atoms with Gasteiger partial charge in [0, 0.05) is 22.3 Å². The van der Waals surface area contributed by atoms with E-state index in [-0.39, 0.29) is 0 Å². The summed E-state index contributed by atoms with van der Waals surface area (Å²) in [4.78, 5) is 0. The van der Waals surface area contributed by atoms with Crippen molar-refractivity contribution in [3.05, 3.63) is 146 Å². The molecule has 0 spiro atoms. The van der Waals surface area contributed by atoms with Crippen molar-refractivity contribution >= 4 is 22.1 Å². The molecule has 0 aromatic heterocycles. The Balaban J connectivity index is 1.46. The first-order valence-corrected chi connectivity index (χ1v) is 12.0. The minimum Gasteiger partial charge on any atom is -0.355 e. The largest absolute Gasteiger partial charge is 0.355 e. The molecule has 0 saturated carbocycles. The fourth-order valence-corrected chi connectivity index (χ4v) is 4.84. The number of nitrogens with one attached hydrogen (secondary N) is 1. The van der Waals surface area contributed by atoms with E-state index in [4.69, 9.17) is 0 Å². The Morgan fingerprint density at radius 2 is 0.800 bits per heavy atom. The molecule has 0 saturated heterocycles. The number of hydrogen-bond acceptors (Lipinski definition) is 1. The van der Waals surface area contributed by atoms with Gasteiger partial charge < -0.3 is 5.32 Å². The topological polar surface area (TPSA) is 12.0 Å². The monoisotopic (exact) mass is 447 g/mol. The van der Waals surface area contributed by atoms with Gasteiger partial charge in [-0.15, -0.1) is 0 Å². The third-order valence-electron chi connectivity index (χ3n) is 6.51. The van der Waals surface area contributed by atoms with Crippen molar-refractivity contribution < 1.29 is 0 Å². The number of anilines is 2. The Bertz CT molecular complexity index is 1600. The fourth-order valence-electron chi connectivity index (χ4n) is 4.84. The number of benzene rings is 6. The summed E-state index contributed by atoms with van der Waals surface area (Å²) < 4.78 is 0. The average molecular weight is 448 g/mol. The first-order valence-electron chi connectivity index (χ1n) is 12.0. The lowest BCUT2D eigenvalue weighted by Crippen LogP contribution is -1.96. The lowest BCUT2D eigenvalue weighted by molar-refractivity contribution is 1.54. The highest BCUT2D eigenvalue weighted by Gasteiger charge is 2.13. The minimum absolute atomic E-state index is 1.09. The highest BCUT2D eigenvalue weighted by atomic mass is 14.9. The van der Waals surface area contributed by atoms with Crippen LogP contribution in [0.1, 0.15) is 0 Å². The highest BCUT2D eigenvalue weighted by molar-refractivity contribution is 6.05. The molecule has 0 amide bonds. The molecule has 0 heterocycles. The predicted octanol–water partition coefficient (Wildman–Crippen LogP) is 9.58. The summed E-state index contributed by atoms with van der Waals surface area (Å²) >= 11 is 0. The van der Waals surface area contributed by atoms with E-state index in [9.17, 15) is 0 Å². The molecular weight excluding hydrogens is 422 g/mol. The van der Waals surface area contributed by atoms with Gasteiger partial charge in [0.1, 0.15) is 0 Å². The van der Waals surface area contributed by atoms with E-state index in [0.717, 1.165) is 11.4 Å². The van der Waals surface area contributed by atoms with E-state index in [2.05, 4.69) is 151 Å². The van der Waals surface area contributed by atoms with Crippen LogP contribution in [-0.2, 0) is 0 Å². The van der Waals surface area contributed by atoms with Gasteiger partial charge in [0.05, 0.1) is 0 Å². The maximum atomic E-state index is 3.77. The Hall–Kier alpha value is -4.62. The van der Waals surface area contributed by atoms with Gasteiger partial charge in [-0.25, -0.2) is 0 Å². The van der Waals surface area contributed by atoms with E-state index in [0.29, 0.717) is 0 Å². The van der Waals surface area contributed by atoms with Gasteiger partial charge in [0.2, 0.25) is 0 Å². The maximum Gasteiger partial charge on any atom is 0.0464 e. The Kier molecular flexibility index (Phi) is 5.58. The zero-order valence-corrected chi connectivity index (χ0v) is 19.4. The molecule has 0 unspecified atom stereocenters. The normalized spacial score (nSPS) is 10.9. The van der Waals surface area contributed by atoms with Crippen LogP contribution in [0.3, 0.4) is 0 Å². The SMILES string of the molecule is c1ccc(-c2ccccc2-c2ccccc2Nc2ccc(-c3ccccc3)c3ccccc23)cc1. The van der Waals surface area contributed by atoms with Gasteiger partial charge in [0.25, 0.3) is 0 Å². The molecule has 0 aliphatic rings. The van der Waals surface area contributed by atoms with Crippen molar-refractivity contribution in [3.8, 4) is 33.4 Å². The smallest absolute Gasteiger partial charge is 0.0464 e. The summed E-state index contributed by atoms with van der Waals surface area (Å²) in [5.74, 6) is 0. The zero-order valence-electron chi connectivity index (χ0n) is 19.4. The predicted molar refractivity (Wildman–Crippen MR) is 150 cm³/mol. The molecule has 6 rings (SSSR count). The van der Waals surface area contributed by atoms with E-state index >= 15 is 0 Å². The van der Waals surface area contributed by atoms with Gasteiger partial charge in [-0.3, -0.25) is 0 Å².